The van der Waals surface area contributed by atoms with Crippen LogP contribution < -0.4 is 15.6 Å². The summed E-state index contributed by atoms with van der Waals surface area (Å²) in [4.78, 5) is 26.1. The Labute approximate surface area is 258 Å². The molecular formula is C35H39N4O5. The molecule has 0 saturated carbocycles. The fraction of sp³-hybridized carbons (Fsp3) is 0.286. The maximum atomic E-state index is 13.5. The molecule has 44 heavy (non-hydrogen) atoms. The minimum atomic E-state index is -0.447. The van der Waals surface area contributed by atoms with Crippen molar-refractivity contribution in [2.75, 3.05) is 44.3 Å². The predicted molar refractivity (Wildman–Crippen MR) is 170 cm³/mol. The molecule has 4 aromatic rings. The van der Waals surface area contributed by atoms with Crippen LogP contribution >= 0.6 is 0 Å². The third kappa shape index (κ3) is 8.57. The molecule has 0 atom stereocenters. The number of phenols is 1. The van der Waals surface area contributed by atoms with Crippen molar-refractivity contribution in [1.29, 1.82) is 0 Å². The molecule has 3 N–H and O–H groups in total. The number of ether oxygens (including phenoxy) is 1. The van der Waals surface area contributed by atoms with Gasteiger partial charge in [-0.05, 0) is 73.7 Å². The number of ketones is 1. The minimum absolute atomic E-state index is 0.0707. The Morgan fingerprint density at radius 1 is 0.864 bits per heavy atom. The molecule has 1 amide bonds. The first-order valence-electron chi connectivity index (χ1n) is 15.1. The number of anilines is 1. The third-order valence-electron chi connectivity index (χ3n) is 7.41. The molecule has 1 saturated heterocycles. The summed E-state index contributed by atoms with van der Waals surface area (Å²) >= 11 is 0. The molecular weight excluding hydrogens is 556 g/mol. The summed E-state index contributed by atoms with van der Waals surface area (Å²) in [5, 5.41) is 19.4. The van der Waals surface area contributed by atoms with Gasteiger partial charge in [-0.25, -0.2) is 14.8 Å². The number of carbonyl (C=O) groups is 2. The van der Waals surface area contributed by atoms with Crippen LogP contribution in [0.5, 0.6) is 5.75 Å². The molecule has 1 aromatic heterocycles. The molecule has 3 aromatic carbocycles. The second-order valence-electron chi connectivity index (χ2n) is 10.6. The number of piperidine rings is 1. The summed E-state index contributed by atoms with van der Waals surface area (Å²) in [6, 6.07) is 28.5. The maximum Gasteiger partial charge on any atom is 0.429 e. The second-order valence-corrected chi connectivity index (χ2v) is 10.6. The monoisotopic (exact) mass is 595 g/mol. The summed E-state index contributed by atoms with van der Waals surface area (Å²) in [5.41, 5.74) is 3.87. The Kier molecular flexibility index (Phi) is 11.2. The van der Waals surface area contributed by atoms with Gasteiger partial charge in [-0.1, -0.05) is 60.7 Å². The van der Waals surface area contributed by atoms with E-state index in [-0.39, 0.29) is 30.4 Å². The zero-order valence-corrected chi connectivity index (χ0v) is 24.8. The van der Waals surface area contributed by atoms with E-state index in [2.05, 4.69) is 17.1 Å². The number of carbonyl (C=O) groups excluding carboxylic acids is 2. The highest BCUT2D eigenvalue weighted by atomic mass is 16.6. The number of hydrogen-bond donors (Lipinski definition) is 3. The van der Waals surface area contributed by atoms with Crippen molar-refractivity contribution in [1.82, 2.24) is 15.6 Å². The molecule has 0 spiro atoms. The fourth-order valence-electron chi connectivity index (χ4n) is 5.11. The number of Topliss-reactive ketones (excluding diaryl/α,β-unsaturated/α-hetero) is 1. The van der Waals surface area contributed by atoms with Crippen molar-refractivity contribution in [3.63, 3.8) is 0 Å². The van der Waals surface area contributed by atoms with Crippen LogP contribution in [0.15, 0.2) is 95.4 Å². The normalized spacial score (nSPS) is 13.5. The van der Waals surface area contributed by atoms with Crippen LogP contribution in [-0.4, -0.2) is 61.3 Å². The molecule has 1 aliphatic rings. The molecule has 0 bridgehead atoms. The van der Waals surface area contributed by atoms with E-state index in [1.165, 1.54) is 0 Å². The molecule has 1 radical (unpaired) electrons. The molecule has 229 valence electrons. The van der Waals surface area contributed by atoms with Gasteiger partial charge in [-0.2, -0.15) is 0 Å². The van der Waals surface area contributed by atoms with Gasteiger partial charge in [0.15, 0.2) is 5.76 Å². The number of aromatic hydroxyl groups is 1. The van der Waals surface area contributed by atoms with Gasteiger partial charge in [-0.15, -0.1) is 0 Å². The lowest BCUT2D eigenvalue weighted by molar-refractivity contribution is 0.0958. The molecule has 1 fully saturated rings. The van der Waals surface area contributed by atoms with E-state index in [0.717, 1.165) is 61.3 Å². The molecule has 0 unspecified atom stereocenters. The average molecular weight is 596 g/mol. The Morgan fingerprint density at radius 3 is 2.41 bits per heavy atom. The zero-order chi connectivity index (χ0) is 30.6. The van der Waals surface area contributed by atoms with Gasteiger partial charge in [0.25, 0.3) is 0 Å². The first kappa shape index (κ1) is 31.0. The lowest BCUT2D eigenvalue weighted by Crippen LogP contribution is -2.50. The third-order valence-corrected chi connectivity index (χ3v) is 7.41. The first-order valence-corrected chi connectivity index (χ1v) is 15.1. The van der Waals surface area contributed by atoms with Crippen molar-refractivity contribution < 1.29 is 23.8 Å². The van der Waals surface area contributed by atoms with Gasteiger partial charge in [0.05, 0.1) is 18.8 Å². The van der Waals surface area contributed by atoms with E-state index in [4.69, 9.17) is 9.15 Å². The van der Waals surface area contributed by atoms with Crippen LogP contribution in [0.1, 0.15) is 34.7 Å². The number of benzene rings is 3. The van der Waals surface area contributed by atoms with Gasteiger partial charge >= 0.3 is 6.09 Å². The molecule has 1 aliphatic heterocycles. The lowest BCUT2D eigenvalue weighted by atomic mass is 10.0. The highest BCUT2D eigenvalue weighted by molar-refractivity contribution is 5.95. The summed E-state index contributed by atoms with van der Waals surface area (Å²) in [7, 11) is 0. The second kappa shape index (κ2) is 15.9. The van der Waals surface area contributed by atoms with E-state index in [9.17, 15) is 14.7 Å². The average Bonchev–Trinajstić information content (AvgIpc) is 3.54. The number of furan rings is 1. The number of amides is 1. The minimum Gasteiger partial charge on any atom is -0.508 e. The quantitative estimate of drug-likeness (QED) is 0.128. The first-order chi connectivity index (χ1) is 21.6. The zero-order valence-electron chi connectivity index (χ0n) is 24.8. The van der Waals surface area contributed by atoms with Crippen LogP contribution in [0.3, 0.4) is 0 Å². The van der Waals surface area contributed by atoms with Gasteiger partial charge in [0.1, 0.15) is 18.1 Å². The molecule has 0 aliphatic carbocycles. The Balaban J connectivity index is 1.08. The number of phenolic OH excluding ortho intramolecular Hbond substituents is 1. The standard InChI is InChI=1S/C35H39N4O5/c40-29-15-13-27(14-16-29)19-20-36-25-30-17-18-34(44-30)33(41)26-37-21-24-43-35(42)39(38-22-7-2-8-23-38)32-12-6-5-11-31(32)28-9-3-1-4-10-28/h1-6,9-18,36-37,40H,7-8,19-26H2. The maximum absolute atomic E-state index is 13.5. The van der Waals surface area contributed by atoms with E-state index >= 15 is 0 Å². The number of rotatable bonds is 14. The largest absolute Gasteiger partial charge is 0.508 e. The van der Waals surface area contributed by atoms with E-state index in [1.807, 2.05) is 71.7 Å². The van der Waals surface area contributed by atoms with Gasteiger partial charge in [-0.3, -0.25) is 4.79 Å². The molecule has 9 heteroatoms. The van der Waals surface area contributed by atoms with Crippen molar-refractivity contribution in [2.45, 2.75) is 25.8 Å². The smallest absolute Gasteiger partial charge is 0.429 e. The summed E-state index contributed by atoms with van der Waals surface area (Å²) in [6.45, 7) is 3.21. The van der Waals surface area contributed by atoms with E-state index < -0.39 is 6.09 Å². The highest BCUT2D eigenvalue weighted by Gasteiger charge is 2.28. The molecule has 9 nitrogen and oxygen atoms in total. The lowest BCUT2D eigenvalue weighted by Gasteiger charge is -2.37. The number of nitrogens with one attached hydrogen (secondary N) is 2. The summed E-state index contributed by atoms with van der Waals surface area (Å²) < 4.78 is 11.4. The van der Waals surface area contributed by atoms with Crippen molar-refractivity contribution in [2.24, 2.45) is 0 Å². The summed E-state index contributed by atoms with van der Waals surface area (Å²) in [5.74, 6) is 1.05. The Hall–Kier alpha value is -4.44. The molecule has 2 heterocycles. The Bertz CT molecular complexity index is 1480. The number of hydrogen-bond acceptors (Lipinski definition) is 8. The van der Waals surface area contributed by atoms with Crippen LogP contribution in [-0.2, 0) is 17.7 Å². The topological polar surface area (TPSA) is 107 Å². The SMILES string of the molecule is O=C(CNCCOC(=O)N(c1ccccc1-c1ccccc1)N1CC[CH]CC1)c1ccc(CNCCc2ccc(O)cc2)o1. The van der Waals surface area contributed by atoms with E-state index in [0.29, 0.717) is 18.8 Å². The highest BCUT2D eigenvalue weighted by Crippen LogP contribution is 2.33. The Morgan fingerprint density at radius 2 is 1.61 bits per heavy atom. The summed E-state index contributed by atoms with van der Waals surface area (Å²) in [6.07, 6.45) is 4.39. The van der Waals surface area contributed by atoms with Gasteiger partial charge in [0, 0.05) is 25.2 Å². The predicted octanol–water partition coefficient (Wildman–Crippen LogP) is 5.62. The number of hydrazine groups is 1. The van der Waals surface area contributed by atoms with Crippen LogP contribution in [0.2, 0.25) is 0 Å². The van der Waals surface area contributed by atoms with Crippen LogP contribution in [0.25, 0.3) is 11.1 Å². The van der Waals surface area contributed by atoms with Crippen molar-refractivity contribution in [3.8, 4) is 16.9 Å². The fourth-order valence-corrected chi connectivity index (χ4v) is 5.11. The van der Waals surface area contributed by atoms with Gasteiger partial charge < -0.3 is 24.9 Å². The number of para-hydroxylation sites is 1. The van der Waals surface area contributed by atoms with E-state index in [1.54, 1.807) is 29.3 Å². The van der Waals surface area contributed by atoms with Crippen LogP contribution in [0.4, 0.5) is 10.5 Å². The van der Waals surface area contributed by atoms with Crippen molar-refractivity contribution in [3.05, 3.63) is 115 Å². The number of nitrogens with zero attached hydrogens (tertiary/aromatic N) is 2. The van der Waals surface area contributed by atoms with Crippen LogP contribution in [0, 0.1) is 6.42 Å². The van der Waals surface area contributed by atoms with Gasteiger partial charge in [0.2, 0.25) is 5.78 Å². The molecule has 5 rings (SSSR count). The van der Waals surface area contributed by atoms with Crippen molar-refractivity contribution >= 4 is 17.6 Å².